The van der Waals surface area contributed by atoms with Gasteiger partial charge in [0.1, 0.15) is 0 Å². The zero-order valence-corrected chi connectivity index (χ0v) is 15.4. The average molecular weight is 408 g/mol. The Morgan fingerprint density at radius 2 is 2.08 bits per heavy atom. The summed E-state index contributed by atoms with van der Waals surface area (Å²) in [5, 5.41) is 3.84. The number of fused-ring (bicyclic) bond motifs is 1. The van der Waals surface area contributed by atoms with Gasteiger partial charge in [-0.15, -0.1) is 0 Å². The molecule has 0 radical (unpaired) electrons. The number of carbonyl (C=O) groups is 2. The Labute approximate surface area is 153 Å². The zero-order chi connectivity index (χ0) is 17.3. The number of amides is 2. The summed E-state index contributed by atoms with van der Waals surface area (Å²) in [5.41, 5.74) is 3.32. The number of benzene rings is 2. The smallest absolute Gasteiger partial charge is 0.238 e. The highest BCUT2D eigenvalue weighted by molar-refractivity contribution is 9.10. The van der Waals surface area contributed by atoms with Gasteiger partial charge in [-0.05, 0) is 41.8 Å². The van der Waals surface area contributed by atoms with Crippen LogP contribution in [0.25, 0.3) is 0 Å². The summed E-state index contributed by atoms with van der Waals surface area (Å²) in [6.45, 7) is 2.20. The Morgan fingerprint density at radius 3 is 2.79 bits per heavy atom. The molecule has 0 atom stereocenters. The third kappa shape index (κ3) is 3.47. The molecule has 2 amide bonds. The van der Waals surface area contributed by atoms with Crippen LogP contribution in [0, 0.1) is 0 Å². The van der Waals surface area contributed by atoms with Gasteiger partial charge in [0.25, 0.3) is 0 Å². The Balaban J connectivity index is 1.96. The molecule has 2 aromatic carbocycles. The Morgan fingerprint density at radius 1 is 1.29 bits per heavy atom. The monoisotopic (exact) mass is 406 g/mol. The van der Waals surface area contributed by atoms with Gasteiger partial charge in [0.05, 0.1) is 17.8 Å². The second-order valence-electron chi connectivity index (χ2n) is 5.69. The highest BCUT2D eigenvalue weighted by Crippen LogP contribution is 2.37. The minimum atomic E-state index is -0.309. The third-order valence-electron chi connectivity index (χ3n) is 3.91. The van der Waals surface area contributed by atoms with Crippen molar-refractivity contribution in [1.29, 1.82) is 0 Å². The SMILES string of the molecule is CC(=O)N(C(=O)Cc1cccc(Cl)c1)c1cc(Br)cc2c1NCC2. The first-order valence-electron chi connectivity index (χ1n) is 7.60. The van der Waals surface area contributed by atoms with Gasteiger partial charge in [-0.2, -0.15) is 0 Å². The molecule has 0 aliphatic carbocycles. The molecule has 0 aromatic heterocycles. The predicted octanol–water partition coefficient (Wildman–Crippen LogP) is 4.19. The maximum Gasteiger partial charge on any atom is 0.238 e. The lowest BCUT2D eigenvalue weighted by Gasteiger charge is -2.22. The second kappa shape index (κ2) is 6.95. The van der Waals surface area contributed by atoms with Crippen LogP contribution in [0.4, 0.5) is 11.4 Å². The molecule has 1 aliphatic heterocycles. The number of anilines is 2. The van der Waals surface area contributed by atoms with Crippen molar-refractivity contribution < 1.29 is 9.59 Å². The van der Waals surface area contributed by atoms with E-state index in [4.69, 9.17) is 11.6 Å². The number of hydrogen-bond donors (Lipinski definition) is 1. The summed E-state index contributed by atoms with van der Waals surface area (Å²) in [6, 6.07) is 10.9. The van der Waals surface area contributed by atoms with Crippen molar-refractivity contribution in [2.45, 2.75) is 19.8 Å². The molecular weight excluding hydrogens is 392 g/mol. The van der Waals surface area contributed by atoms with Gasteiger partial charge in [-0.25, -0.2) is 4.90 Å². The van der Waals surface area contributed by atoms with Crippen molar-refractivity contribution in [3.8, 4) is 0 Å². The van der Waals surface area contributed by atoms with Gasteiger partial charge in [0.15, 0.2) is 0 Å². The van der Waals surface area contributed by atoms with E-state index in [1.165, 1.54) is 11.8 Å². The number of imide groups is 1. The third-order valence-corrected chi connectivity index (χ3v) is 4.60. The van der Waals surface area contributed by atoms with Crippen molar-refractivity contribution in [1.82, 2.24) is 0 Å². The minimum absolute atomic E-state index is 0.113. The van der Waals surface area contributed by atoms with E-state index in [0.29, 0.717) is 10.7 Å². The molecule has 24 heavy (non-hydrogen) atoms. The molecular formula is C18H16BrClN2O2. The summed E-state index contributed by atoms with van der Waals surface area (Å²) in [5.74, 6) is -0.588. The summed E-state index contributed by atoms with van der Waals surface area (Å²) in [7, 11) is 0. The molecule has 124 valence electrons. The van der Waals surface area contributed by atoms with E-state index in [0.717, 1.165) is 34.3 Å². The van der Waals surface area contributed by atoms with Crippen LogP contribution in [0.5, 0.6) is 0 Å². The number of rotatable bonds is 3. The Bertz CT molecular complexity index is 823. The molecule has 2 aromatic rings. The normalized spacial score (nSPS) is 12.5. The standard InChI is InChI=1S/C18H16BrClN2O2/c1-11(23)22(17(24)8-12-3-2-4-15(20)7-12)16-10-14(19)9-13-5-6-21-18(13)16/h2-4,7,9-10,21H,5-6,8H2,1H3. The van der Waals surface area contributed by atoms with E-state index < -0.39 is 0 Å². The van der Waals surface area contributed by atoms with Crippen LogP contribution >= 0.6 is 27.5 Å². The van der Waals surface area contributed by atoms with Crippen molar-refractivity contribution in [2.24, 2.45) is 0 Å². The van der Waals surface area contributed by atoms with E-state index in [2.05, 4.69) is 21.2 Å². The lowest BCUT2D eigenvalue weighted by molar-refractivity contribution is -0.125. The molecule has 3 rings (SSSR count). The fourth-order valence-corrected chi connectivity index (χ4v) is 3.63. The zero-order valence-electron chi connectivity index (χ0n) is 13.1. The van der Waals surface area contributed by atoms with E-state index >= 15 is 0 Å². The first-order valence-corrected chi connectivity index (χ1v) is 8.77. The molecule has 0 saturated carbocycles. The molecule has 0 saturated heterocycles. The summed E-state index contributed by atoms with van der Waals surface area (Å²) in [4.78, 5) is 26.2. The predicted molar refractivity (Wildman–Crippen MR) is 99.7 cm³/mol. The molecule has 1 aliphatic rings. The van der Waals surface area contributed by atoms with Crippen molar-refractivity contribution in [3.63, 3.8) is 0 Å². The number of hydrogen-bond acceptors (Lipinski definition) is 3. The molecule has 4 nitrogen and oxygen atoms in total. The van der Waals surface area contributed by atoms with Crippen molar-refractivity contribution >= 4 is 50.7 Å². The van der Waals surface area contributed by atoms with Gasteiger partial charge in [0, 0.05) is 23.0 Å². The number of nitrogens with one attached hydrogen (secondary N) is 1. The van der Waals surface area contributed by atoms with Gasteiger partial charge in [0.2, 0.25) is 11.8 Å². The van der Waals surface area contributed by atoms with E-state index in [1.807, 2.05) is 12.1 Å². The number of carbonyl (C=O) groups excluding carboxylic acids is 2. The first kappa shape index (κ1) is 17.0. The molecule has 0 bridgehead atoms. The fourth-order valence-electron chi connectivity index (χ4n) is 2.93. The molecule has 1 N–H and O–H groups in total. The maximum atomic E-state index is 12.8. The summed E-state index contributed by atoms with van der Waals surface area (Å²) >= 11 is 9.44. The van der Waals surface area contributed by atoms with Gasteiger partial charge >= 0.3 is 0 Å². The summed E-state index contributed by atoms with van der Waals surface area (Å²) < 4.78 is 0.849. The number of halogens is 2. The van der Waals surface area contributed by atoms with Crippen LogP contribution in [0.2, 0.25) is 5.02 Å². The van der Waals surface area contributed by atoms with Crippen LogP contribution in [0.3, 0.4) is 0 Å². The minimum Gasteiger partial charge on any atom is -0.383 e. The molecule has 1 heterocycles. The Hall–Kier alpha value is -1.85. The van der Waals surface area contributed by atoms with Gasteiger partial charge < -0.3 is 5.32 Å². The topological polar surface area (TPSA) is 49.4 Å². The maximum absolute atomic E-state index is 12.8. The highest BCUT2D eigenvalue weighted by Gasteiger charge is 2.26. The summed E-state index contributed by atoms with van der Waals surface area (Å²) in [6.07, 6.45) is 0.984. The molecule has 0 spiro atoms. The van der Waals surface area contributed by atoms with E-state index in [9.17, 15) is 9.59 Å². The van der Waals surface area contributed by atoms with Gasteiger partial charge in [-0.1, -0.05) is 39.7 Å². The highest BCUT2D eigenvalue weighted by atomic mass is 79.9. The van der Waals surface area contributed by atoms with Crippen LogP contribution in [0.1, 0.15) is 18.1 Å². The Kier molecular flexibility index (Phi) is 4.92. The van der Waals surface area contributed by atoms with Crippen LogP contribution < -0.4 is 10.2 Å². The quantitative estimate of drug-likeness (QED) is 0.830. The molecule has 6 heteroatoms. The first-order chi connectivity index (χ1) is 11.5. The molecule has 0 unspecified atom stereocenters. The van der Waals surface area contributed by atoms with E-state index in [1.54, 1.807) is 24.3 Å². The van der Waals surface area contributed by atoms with Crippen molar-refractivity contribution in [3.05, 3.63) is 57.0 Å². The van der Waals surface area contributed by atoms with Crippen LogP contribution in [-0.2, 0) is 22.4 Å². The lowest BCUT2D eigenvalue weighted by atomic mass is 10.1. The number of nitrogens with zero attached hydrogens (tertiary/aromatic N) is 1. The average Bonchev–Trinajstić information content (AvgIpc) is 2.95. The van der Waals surface area contributed by atoms with Crippen molar-refractivity contribution in [2.75, 3.05) is 16.8 Å². The largest absolute Gasteiger partial charge is 0.383 e. The second-order valence-corrected chi connectivity index (χ2v) is 7.04. The van der Waals surface area contributed by atoms with Crippen LogP contribution in [0.15, 0.2) is 40.9 Å². The lowest BCUT2D eigenvalue weighted by Crippen LogP contribution is -2.36. The van der Waals surface area contributed by atoms with Gasteiger partial charge in [-0.3, -0.25) is 9.59 Å². The fraction of sp³-hybridized carbons (Fsp3) is 0.222. The van der Waals surface area contributed by atoms with E-state index in [-0.39, 0.29) is 18.2 Å². The van der Waals surface area contributed by atoms with Crippen LogP contribution in [-0.4, -0.2) is 18.4 Å². The molecule has 0 fully saturated rings.